The number of amides is 2. The predicted molar refractivity (Wildman–Crippen MR) is 146 cm³/mol. The second-order valence-corrected chi connectivity index (χ2v) is 8.77. The van der Waals surface area contributed by atoms with Crippen molar-refractivity contribution in [1.29, 1.82) is 0 Å². The van der Waals surface area contributed by atoms with Gasteiger partial charge in [-0.2, -0.15) is 0 Å². The second-order valence-electron chi connectivity index (χ2n) is 8.77. The first-order valence-electron chi connectivity index (χ1n) is 12.3. The summed E-state index contributed by atoms with van der Waals surface area (Å²) in [6.45, 7) is 0.575. The minimum Gasteiger partial charge on any atom is -0.493 e. The predicted octanol–water partition coefficient (Wildman–Crippen LogP) is 4.73. The summed E-state index contributed by atoms with van der Waals surface area (Å²) in [5, 5.41) is 3.01. The number of methoxy groups -OCH3 is 2. The summed E-state index contributed by atoms with van der Waals surface area (Å²) >= 11 is 0. The zero-order valence-corrected chi connectivity index (χ0v) is 21.5. The molecule has 0 aliphatic carbocycles. The van der Waals surface area contributed by atoms with Gasteiger partial charge in [0.25, 0.3) is 0 Å². The highest BCUT2D eigenvalue weighted by molar-refractivity contribution is 5.89. The SMILES string of the molecule is COc1ccc(CC(=O)N(Cc2ccccc2)C(C(=O)NCc2cccnc2)c2ccccc2)cc1OC. The summed E-state index contributed by atoms with van der Waals surface area (Å²) in [5.74, 6) is 0.672. The Balaban J connectivity index is 1.67. The first-order valence-corrected chi connectivity index (χ1v) is 12.3. The fourth-order valence-electron chi connectivity index (χ4n) is 4.27. The van der Waals surface area contributed by atoms with Crippen molar-refractivity contribution in [2.45, 2.75) is 25.6 Å². The number of ether oxygens (including phenoxy) is 2. The van der Waals surface area contributed by atoms with Crippen molar-refractivity contribution in [3.63, 3.8) is 0 Å². The van der Waals surface area contributed by atoms with Gasteiger partial charge in [0.1, 0.15) is 6.04 Å². The molecule has 0 saturated heterocycles. The van der Waals surface area contributed by atoms with Crippen LogP contribution in [0, 0.1) is 0 Å². The third-order valence-electron chi connectivity index (χ3n) is 6.18. The molecule has 7 heteroatoms. The standard InChI is InChI=1S/C31H31N3O4/c1-37-27-16-15-24(18-28(27)38-2)19-29(35)34(22-23-10-5-3-6-11-23)30(26-13-7-4-8-14-26)31(36)33-21-25-12-9-17-32-20-25/h3-18,20,30H,19,21-22H2,1-2H3,(H,33,36). The van der Waals surface area contributed by atoms with Gasteiger partial charge in [0.05, 0.1) is 20.6 Å². The van der Waals surface area contributed by atoms with E-state index in [2.05, 4.69) is 10.3 Å². The van der Waals surface area contributed by atoms with E-state index in [9.17, 15) is 9.59 Å². The van der Waals surface area contributed by atoms with Crippen LogP contribution in [-0.4, -0.2) is 35.9 Å². The quantitative estimate of drug-likeness (QED) is 0.316. The molecule has 1 atom stereocenters. The molecule has 7 nitrogen and oxygen atoms in total. The number of pyridine rings is 1. The number of carbonyl (C=O) groups excluding carboxylic acids is 2. The van der Waals surface area contributed by atoms with Crippen LogP contribution in [0.1, 0.15) is 28.3 Å². The van der Waals surface area contributed by atoms with Gasteiger partial charge in [-0.05, 0) is 40.5 Å². The number of hydrogen-bond acceptors (Lipinski definition) is 5. The fraction of sp³-hybridized carbons (Fsp3) is 0.194. The van der Waals surface area contributed by atoms with E-state index >= 15 is 0 Å². The highest BCUT2D eigenvalue weighted by Gasteiger charge is 2.31. The molecule has 0 aliphatic rings. The number of nitrogens with zero attached hydrogens (tertiary/aromatic N) is 2. The smallest absolute Gasteiger partial charge is 0.247 e. The van der Waals surface area contributed by atoms with Crippen molar-refractivity contribution in [2.75, 3.05) is 14.2 Å². The average molecular weight is 510 g/mol. The molecule has 4 aromatic rings. The lowest BCUT2D eigenvalue weighted by Crippen LogP contribution is -2.43. The highest BCUT2D eigenvalue weighted by Crippen LogP contribution is 2.29. The van der Waals surface area contributed by atoms with E-state index in [1.807, 2.05) is 78.9 Å². The maximum absolute atomic E-state index is 13.9. The lowest BCUT2D eigenvalue weighted by Gasteiger charge is -2.32. The van der Waals surface area contributed by atoms with Gasteiger partial charge < -0.3 is 19.7 Å². The van der Waals surface area contributed by atoms with Crippen molar-refractivity contribution in [3.05, 3.63) is 126 Å². The minimum absolute atomic E-state index is 0.0897. The Kier molecular flexibility index (Phi) is 9.07. The van der Waals surface area contributed by atoms with Gasteiger partial charge in [-0.15, -0.1) is 0 Å². The molecule has 3 aromatic carbocycles. The largest absolute Gasteiger partial charge is 0.493 e. The van der Waals surface area contributed by atoms with Gasteiger partial charge in [-0.3, -0.25) is 14.6 Å². The summed E-state index contributed by atoms with van der Waals surface area (Å²) in [6.07, 6.45) is 3.49. The molecule has 38 heavy (non-hydrogen) atoms. The monoisotopic (exact) mass is 509 g/mol. The Morgan fingerprint density at radius 3 is 2.16 bits per heavy atom. The van der Waals surface area contributed by atoms with E-state index in [1.165, 1.54) is 0 Å². The van der Waals surface area contributed by atoms with Crippen molar-refractivity contribution >= 4 is 11.8 Å². The normalized spacial score (nSPS) is 11.3. The Morgan fingerprint density at radius 1 is 0.816 bits per heavy atom. The minimum atomic E-state index is -0.833. The molecule has 0 radical (unpaired) electrons. The van der Waals surface area contributed by atoms with Crippen molar-refractivity contribution < 1.29 is 19.1 Å². The number of carbonyl (C=O) groups is 2. The number of nitrogens with one attached hydrogen (secondary N) is 1. The second kappa shape index (κ2) is 13.1. The van der Waals surface area contributed by atoms with Gasteiger partial charge in [0, 0.05) is 25.5 Å². The number of benzene rings is 3. The van der Waals surface area contributed by atoms with Gasteiger partial charge in [0.15, 0.2) is 11.5 Å². The molecule has 1 N–H and O–H groups in total. The number of rotatable bonds is 11. The van der Waals surface area contributed by atoms with E-state index < -0.39 is 6.04 Å². The maximum Gasteiger partial charge on any atom is 0.247 e. The molecule has 0 fully saturated rings. The Labute approximate surface area is 223 Å². The summed E-state index contributed by atoms with van der Waals surface area (Å²) < 4.78 is 10.8. The molecule has 4 rings (SSSR count). The third kappa shape index (κ3) is 6.76. The Bertz CT molecular complexity index is 1330. The molecule has 0 aliphatic heterocycles. The third-order valence-corrected chi connectivity index (χ3v) is 6.18. The van der Waals surface area contributed by atoms with E-state index in [0.717, 1.165) is 22.3 Å². The van der Waals surface area contributed by atoms with Gasteiger partial charge in [0.2, 0.25) is 11.8 Å². The van der Waals surface area contributed by atoms with Crippen molar-refractivity contribution in [1.82, 2.24) is 15.2 Å². The van der Waals surface area contributed by atoms with Crippen LogP contribution in [0.2, 0.25) is 0 Å². The van der Waals surface area contributed by atoms with Crippen LogP contribution in [0.5, 0.6) is 11.5 Å². The molecule has 194 valence electrons. The highest BCUT2D eigenvalue weighted by atomic mass is 16.5. The van der Waals surface area contributed by atoms with Crippen LogP contribution in [0.4, 0.5) is 0 Å². The summed E-state index contributed by atoms with van der Waals surface area (Å²) in [7, 11) is 3.13. The summed E-state index contributed by atoms with van der Waals surface area (Å²) in [4.78, 5) is 33.4. The molecular formula is C31H31N3O4. The lowest BCUT2D eigenvalue weighted by atomic mass is 10.0. The van der Waals surface area contributed by atoms with Crippen molar-refractivity contribution in [2.24, 2.45) is 0 Å². The zero-order valence-electron chi connectivity index (χ0n) is 21.5. The molecule has 0 saturated carbocycles. The van der Waals surface area contributed by atoms with Crippen LogP contribution in [0.3, 0.4) is 0 Å². The fourth-order valence-corrected chi connectivity index (χ4v) is 4.27. The molecule has 1 unspecified atom stereocenters. The Morgan fingerprint density at radius 2 is 1.50 bits per heavy atom. The van der Waals surface area contributed by atoms with Crippen LogP contribution < -0.4 is 14.8 Å². The van der Waals surface area contributed by atoms with E-state index in [-0.39, 0.29) is 24.8 Å². The van der Waals surface area contributed by atoms with Gasteiger partial charge in [-0.25, -0.2) is 0 Å². The van der Waals surface area contributed by atoms with E-state index in [1.54, 1.807) is 43.6 Å². The summed E-state index contributed by atoms with van der Waals surface area (Å²) in [6, 6.07) is 27.3. The van der Waals surface area contributed by atoms with Crippen LogP contribution in [0.15, 0.2) is 103 Å². The topological polar surface area (TPSA) is 80.8 Å². The van der Waals surface area contributed by atoms with Crippen LogP contribution >= 0.6 is 0 Å². The van der Waals surface area contributed by atoms with E-state index in [4.69, 9.17) is 9.47 Å². The van der Waals surface area contributed by atoms with Crippen molar-refractivity contribution in [3.8, 4) is 11.5 Å². The van der Waals surface area contributed by atoms with E-state index in [0.29, 0.717) is 18.0 Å². The molecule has 1 aromatic heterocycles. The zero-order chi connectivity index (χ0) is 26.7. The van der Waals surface area contributed by atoms with Crippen LogP contribution in [-0.2, 0) is 29.1 Å². The molecule has 2 amide bonds. The lowest BCUT2D eigenvalue weighted by molar-refractivity contribution is -0.141. The van der Waals surface area contributed by atoms with Gasteiger partial charge in [-0.1, -0.05) is 72.8 Å². The molecule has 1 heterocycles. The molecular weight excluding hydrogens is 478 g/mol. The first-order chi connectivity index (χ1) is 18.6. The molecule has 0 spiro atoms. The maximum atomic E-state index is 13.9. The Hall–Kier alpha value is -4.65. The number of hydrogen-bond donors (Lipinski definition) is 1. The summed E-state index contributed by atoms with van der Waals surface area (Å²) in [5.41, 5.74) is 3.29. The first kappa shape index (κ1) is 26.4. The van der Waals surface area contributed by atoms with Gasteiger partial charge >= 0.3 is 0 Å². The average Bonchev–Trinajstić information content (AvgIpc) is 2.97. The van der Waals surface area contributed by atoms with Crippen LogP contribution in [0.25, 0.3) is 0 Å². The number of aromatic nitrogens is 1. The molecule has 0 bridgehead atoms.